The number of aliphatic hydroxyl groups excluding tert-OH is 2. The molecule has 0 aliphatic heterocycles. The van der Waals surface area contributed by atoms with Crippen LogP contribution in [0.5, 0.6) is 0 Å². The molecule has 4 rings (SSSR count). The molecule has 2 unspecified atom stereocenters. The monoisotopic (exact) mass is 378 g/mol. The highest BCUT2D eigenvalue weighted by Crippen LogP contribution is 2.44. The van der Waals surface area contributed by atoms with E-state index in [2.05, 4.69) is 34.6 Å². The van der Waals surface area contributed by atoms with Crippen LogP contribution in [0.3, 0.4) is 0 Å². The quantitative estimate of drug-likeness (QED) is 0.530. The zero-order valence-electron chi connectivity index (χ0n) is 15.2. The van der Waals surface area contributed by atoms with E-state index in [-0.39, 0.29) is 19.1 Å². The number of rotatable bonds is 6. The summed E-state index contributed by atoms with van der Waals surface area (Å²) < 4.78 is 5.41. The zero-order valence-corrected chi connectivity index (χ0v) is 15.2. The van der Waals surface area contributed by atoms with Gasteiger partial charge in [-0.15, -0.1) is 0 Å². The molecule has 1 heterocycles. The van der Waals surface area contributed by atoms with E-state index < -0.39 is 18.3 Å². The molecule has 1 amide bonds. The summed E-state index contributed by atoms with van der Waals surface area (Å²) in [4.78, 5) is 14.9. The molecular weight excluding hydrogens is 356 g/mol. The molecule has 0 saturated heterocycles. The van der Waals surface area contributed by atoms with Crippen LogP contribution in [0.1, 0.15) is 28.8 Å². The van der Waals surface area contributed by atoms with Gasteiger partial charge in [0.05, 0.1) is 0 Å². The molecule has 1 aliphatic rings. The van der Waals surface area contributed by atoms with Gasteiger partial charge >= 0.3 is 6.09 Å². The van der Waals surface area contributed by atoms with Gasteiger partial charge in [-0.1, -0.05) is 48.5 Å². The van der Waals surface area contributed by atoms with Crippen LogP contribution in [0.4, 0.5) is 4.79 Å². The molecule has 0 radical (unpaired) electrons. The second-order valence-corrected chi connectivity index (χ2v) is 6.84. The van der Waals surface area contributed by atoms with Gasteiger partial charge in [-0.3, -0.25) is 0 Å². The highest BCUT2D eigenvalue weighted by Gasteiger charge is 2.29. The summed E-state index contributed by atoms with van der Waals surface area (Å²) >= 11 is 0. The van der Waals surface area contributed by atoms with Crippen molar-refractivity contribution in [3.05, 3.63) is 83.7 Å². The van der Waals surface area contributed by atoms with Crippen LogP contribution in [0.25, 0.3) is 11.1 Å². The first-order chi connectivity index (χ1) is 13.6. The Kier molecular flexibility index (Phi) is 5.14. The number of aliphatic hydroxyl groups is 2. The fourth-order valence-corrected chi connectivity index (χ4v) is 3.68. The number of carbonyl (C=O) groups is 1. The van der Waals surface area contributed by atoms with E-state index in [0.717, 1.165) is 22.3 Å². The molecule has 0 fully saturated rings. The first kappa shape index (κ1) is 18.3. The predicted molar refractivity (Wildman–Crippen MR) is 105 cm³/mol. The minimum absolute atomic E-state index is 0.0208. The van der Waals surface area contributed by atoms with Gasteiger partial charge in [0.1, 0.15) is 18.8 Å². The molecule has 2 atom stereocenters. The van der Waals surface area contributed by atoms with Crippen molar-refractivity contribution < 1.29 is 19.7 Å². The average molecular weight is 378 g/mol. The fourth-order valence-electron chi connectivity index (χ4n) is 3.68. The maximum atomic E-state index is 12.1. The normalized spacial score (nSPS) is 14.8. The van der Waals surface area contributed by atoms with Crippen LogP contribution in [-0.2, 0) is 4.74 Å². The lowest BCUT2D eigenvalue weighted by Gasteiger charge is -2.18. The van der Waals surface area contributed by atoms with Crippen LogP contribution in [0, 0.1) is 0 Å². The number of hydrogen-bond acceptors (Lipinski definition) is 4. The van der Waals surface area contributed by atoms with E-state index in [9.17, 15) is 15.0 Å². The maximum absolute atomic E-state index is 12.1. The van der Waals surface area contributed by atoms with Crippen LogP contribution >= 0.6 is 0 Å². The molecule has 28 heavy (non-hydrogen) atoms. The number of aromatic amines is 1. The number of carbonyl (C=O) groups excluding carboxylic acids is 1. The van der Waals surface area contributed by atoms with Crippen molar-refractivity contribution in [2.75, 3.05) is 13.2 Å². The predicted octanol–water partition coefficient (Wildman–Crippen LogP) is 2.95. The molecule has 4 N–H and O–H groups in total. The topological polar surface area (TPSA) is 94.6 Å². The largest absolute Gasteiger partial charge is 0.449 e. The molecule has 0 spiro atoms. The summed E-state index contributed by atoms with van der Waals surface area (Å²) in [6.45, 7) is 0.0893. The Labute approximate surface area is 162 Å². The van der Waals surface area contributed by atoms with Crippen molar-refractivity contribution in [1.82, 2.24) is 10.3 Å². The van der Waals surface area contributed by atoms with Crippen LogP contribution in [0.2, 0.25) is 0 Å². The Bertz CT molecular complexity index is 909. The Morgan fingerprint density at radius 2 is 1.64 bits per heavy atom. The van der Waals surface area contributed by atoms with Gasteiger partial charge in [0.15, 0.2) is 0 Å². The fraction of sp³-hybridized carbons (Fsp3) is 0.227. The van der Waals surface area contributed by atoms with Crippen molar-refractivity contribution >= 4 is 6.09 Å². The zero-order chi connectivity index (χ0) is 19.5. The number of ether oxygens (including phenoxy) is 1. The lowest BCUT2D eigenvalue weighted by atomic mass is 9.98. The van der Waals surface area contributed by atoms with Gasteiger partial charge in [0.25, 0.3) is 0 Å². The number of amides is 1. The average Bonchev–Trinajstić information content (AvgIpc) is 3.37. The van der Waals surface area contributed by atoms with E-state index in [4.69, 9.17) is 4.74 Å². The third-order valence-corrected chi connectivity index (χ3v) is 5.10. The van der Waals surface area contributed by atoms with Gasteiger partial charge in [-0.05, 0) is 34.4 Å². The highest BCUT2D eigenvalue weighted by atomic mass is 16.5. The van der Waals surface area contributed by atoms with Crippen molar-refractivity contribution in [2.45, 2.75) is 18.1 Å². The lowest BCUT2D eigenvalue weighted by molar-refractivity contribution is 0.0163. The molecule has 6 heteroatoms. The van der Waals surface area contributed by atoms with E-state index in [0.29, 0.717) is 5.69 Å². The number of H-pyrrole nitrogens is 1. The van der Waals surface area contributed by atoms with Crippen molar-refractivity contribution in [3.63, 3.8) is 0 Å². The number of benzene rings is 2. The van der Waals surface area contributed by atoms with Gasteiger partial charge in [-0.2, -0.15) is 0 Å². The molecule has 3 aromatic rings. The molecule has 1 aromatic heterocycles. The van der Waals surface area contributed by atoms with Crippen molar-refractivity contribution in [3.8, 4) is 11.1 Å². The number of nitrogens with one attached hydrogen (secondary N) is 2. The third-order valence-electron chi connectivity index (χ3n) is 5.10. The lowest BCUT2D eigenvalue weighted by Crippen LogP contribution is -2.36. The molecule has 1 aliphatic carbocycles. The minimum Gasteiger partial charge on any atom is -0.449 e. The molecule has 6 nitrogen and oxygen atoms in total. The van der Waals surface area contributed by atoms with E-state index >= 15 is 0 Å². The summed E-state index contributed by atoms with van der Waals surface area (Å²) in [6, 6.07) is 19.6. The van der Waals surface area contributed by atoms with Crippen LogP contribution in [0.15, 0.2) is 66.9 Å². The van der Waals surface area contributed by atoms with Crippen molar-refractivity contribution in [2.24, 2.45) is 0 Å². The van der Waals surface area contributed by atoms with Gasteiger partial charge in [0, 0.05) is 24.4 Å². The van der Waals surface area contributed by atoms with Crippen molar-refractivity contribution in [1.29, 1.82) is 0 Å². The summed E-state index contributed by atoms with van der Waals surface area (Å²) in [7, 11) is 0. The SMILES string of the molecule is O=C(NCC(O)C(O)c1ccc[nH]1)OCC1c2ccccc2-c2ccccc21. The smallest absolute Gasteiger partial charge is 0.407 e. The Morgan fingerprint density at radius 3 is 2.25 bits per heavy atom. The third kappa shape index (κ3) is 3.52. The maximum Gasteiger partial charge on any atom is 0.407 e. The molecule has 0 bridgehead atoms. The number of hydrogen-bond donors (Lipinski definition) is 4. The van der Waals surface area contributed by atoms with Gasteiger partial charge in [0.2, 0.25) is 0 Å². The Morgan fingerprint density at radius 1 is 1.00 bits per heavy atom. The van der Waals surface area contributed by atoms with Crippen LogP contribution < -0.4 is 5.32 Å². The number of alkyl carbamates (subject to hydrolysis) is 1. The second kappa shape index (κ2) is 7.88. The Balaban J connectivity index is 1.35. The Hall–Kier alpha value is -3.09. The number of fused-ring (bicyclic) bond motifs is 3. The van der Waals surface area contributed by atoms with E-state index in [1.807, 2.05) is 24.3 Å². The highest BCUT2D eigenvalue weighted by molar-refractivity contribution is 5.79. The summed E-state index contributed by atoms with van der Waals surface area (Å²) in [5, 5.41) is 22.6. The molecular formula is C22H22N2O4. The molecule has 0 saturated carbocycles. The summed E-state index contributed by atoms with van der Waals surface area (Å²) in [6.07, 6.45) is -1.22. The minimum atomic E-state index is -1.14. The molecule has 2 aromatic carbocycles. The number of aromatic nitrogens is 1. The summed E-state index contributed by atoms with van der Waals surface area (Å²) in [5.74, 6) is -0.0208. The first-order valence-corrected chi connectivity index (χ1v) is 9.23. The first-order valence-electron chi connectivity index (χ1n) is 9.23. The standard InChI is InChI=1S/C22H22N2O4/c25-20(21(26)19-10-5-11-23-19)12-24-22(27)28-13-18-16-8-3-1-6-14(16)15-7-2-4-9-17(15)18/h1-11,18,20-21,23,25-26H,12-13H2,(H,24,27). The van der Waals surface area contributed by atoms with Gasteiger partial charge in [-0.25, -0.2) is 4.79 Å². The second-order valence-electron chi connectivity index (χ2n) is 6.84. The van der Waals surface area contributed by atoms with Gasteiger partial charge < -0.3 is 25.3 Å². The summed E-state index contributed by atoms with van der Waals surface area (Å²) in [5.41, 5.74) is 5.09. The molecule has 144 valence electrons. The van der Waals surface area contributed by atoms with Crippen LogP contribution in [-0.4, -0.2) is 40.5 Å². The van der Waals surface area contributed by atoms with E-state index in [1.54, 1.807) is 18.3 Å². The van der Waals surface area contributed by atoms with E-state index in [1.165, 1.54) is 0 Å².